The fourth-order valence-corrected chi connectivity index (χ4v) is 1.89. The van der Waals surface area contributed by atoms with Crippen LogP contribution in [0.1, 0.15) is 17.6 Å². The number of nitrogens with one attached hydrogen (secondary N) is 1. The minimum atomic E-state index is -4.25. The van der Waals surface area contributed by atoms with Gasteiger partial charge in [0.1, 0.15) is 6.61 Å². The lowest BCUT2D eigenvalue weighted by atomic mass is 10.4. The third-order valence-corrected chi connectivity index (χ3v) is 2.94. The van der Waals surface area contributed by atoms with Crippen molar-refractivity contribution in [1.29, 1.82) is 0 Å². The van der Waals surface area contributed by atoms with Gasteiger partial charge in [0.25, 0.3) is 0 Å². The first-order valence-corrected chi connectivity index (χ1v) is 6.17. The largest absolute Gasteiger partial charge is 0.411 e. The summed E-state index contributed by atoms with van der Waals surface area (Å²) in [6, 6.07) is 0. The van der Waals surface area contributed by atoms with Crippen molar-refractivity contribution in [3.05, 3.63) is 16.1 Å². The van der Waals surface area contributed by atoms with Gasteiger partial charge >= 0.3 is 6.18 Å². The fraction of sp³-hybridized carbons (Fsp3) is 0.700. The number of halogens is 3. The van der Waals surface area contributed by atoms with E-state index in [9.17, 15) is 13.2 Å². The quantitative estimate of drug-likeness (QED) is 0.771. The number of aryl methyl sites for hydroxylation is 1. The van der Waals surface area contributed by atoms with Gasteiger partial charge in [0.2, 0.25) is 0 Å². The van der Waals surface area contributed by atoms with Crippen LogP contribution in [0, 0.1) is 0 Å². The lowest BCUT2D eigenvalue weighted by Crippen LogP contribution is -2.23. The van der Waals surface area contributed by atoms with E-state index in [4.69, 9.17) is 0 Å². The molecule has 1 heterocycles. The zero-order valence-corrected chi connectivity index (χ0v) is 10.3. The van der Waals surface area contributed by atoms with Crippen molar-refractivity contribution < 1.29 is 17.9 Å². The number of alkyl halides is 3. The number of rotatable bonds is 7. The Morgan fingerprint density at radius 1 is 1.47 bits per heavy atom. The van der Waals surface area contributed by atoms with Crippen LogP contribution in [0.5, 0.6) is 0 Å². The molecule has 0 radical (unpaired) electrons. The average Bonchev–Trinajstić information content (AvgIpc) is 2.69. The van der Waals surface area contributed by atoms with Gasteiger partial charge in [-0.15, -0.1) is 11.3 Å². The van der Waals surface area contributed by atoms with E-state index in [1.807, 2.05) is 12.3 Å². The van der Waals surface area contributed by atoms with Crippen LogP contribution in [0.25, 0.3) is 0 Å². The van der Waals surface area contributed by atoms with Crippen molar-refractivity contribution in [3.8, 4) is 0 Å². The molecular formula is C10H15F3N2OS. The van der Waals surface area contributed by atoms with E-state index < -0.39 is 12.8 Å². The standard InChI is InChI=1S/C10H15F3N2OS/c1-2-9-15-8(6-17-9)5-14-3-4-16-7-10(11,12)13/h6,14H,2-5,7H2,1H3. The zero-order chi connectivity index (χ0) is 12.7. The molecule has 1 N–H and O–H groups in total. The Hall–Kier alpha value is -0.660. The highest BCUT2D eigenvalue weighted by atomic mass is 32.1. The van der Waals surface area contributed by atoms with Crippen LogP contribution in [0.4, 0.5) is 13.2 Å². The summed E-state index contributed by atoms with van der Waals surface area (Å²) >= 11 is 1.59. The van der Waals surface area contributed by atoms with Crippen LogP contribution in [0.3, 0.4) is 0 Å². The number of nitrogens with zero attached hydrogens (tertiary/aromatic N) is 1. The van der Waals surface area contributed by atoms with Gasteiger partial charge in [-0.3, -0.25) is 0 Å². The Balaban J connectivity index is 2.04. The molecule has 3 nitrogen and oxygen atoms in total. The van der Waals surface area contributed by atoms with Crippen LogP contribution < -0.4 is 5.32 Å². The van der Waals surface area contributed by atoms with Gasteiger partial charge in [0.05, 0.1) is 17.3 Å². The molecule has 0 aliphatic heterocycles. The number of thiazole rings is 1. The number of ether oxygens (including phenoxy) is 1. The molecule has 0 bridgehead atoms. The molecule has 0 aromatic carbocycles. The second-order valence-corrected chi connectivity index (χ2v) is 4.37. The van der Waals surface area contributed by atoms with Gasteiger partial charge in [-0.2, -0.15) is 13.2 Å². The van der Waals surface area contributed by atoms with Crippen LogP contribution >= 0.6 is 11.3 Å². The van der Waals surface area contributed by atoms with Crippen LogP contribution in [-0.4, -0.2) is 30.9 Å². The second kappa shape index (κ2) is 6.93. The lowest BCUT2D eigenvalue weighted by Gasteiger charge is -2.07. The van der Waals surface area contributed by atoms with E-state index in [0.717, 1.165) is 17.1 Å². The molecule has 0 aliphatic rings. The normalized spacial score (nSPS) is 12.0. The molecule has 0 saturated heterocycles. The molecule has 0 unspecified atom stereocenters. The molecule has 0 aliphatic carbocycles. The molecule has 0 spiro atoms. The summed E-state index contributed by atoms with van der Waals surface area (Å²) in [6.45, 7) is 1.83. The third-order valence-electron chi connectivity index (χ3n) is 1.90. The minimum absolute atomic E-state index is 0.0459. The summed E-state index contributed by atoms with van der Waals surface area (Å²) in [5, 5.41) is 5.99. The van der Waals surface area contributed by atoms with Crippen molar-refractivity contribution in [3.63, 3.8) is 0 Å². The SMILES string of the molecule is CCc1nc(CNCCOCC(F)(F)F)cs1. The highest BCUT2D eigenvalue weighted by molar-refractivity contribution is 7.09. The molecule has 0 fully saturated rings. The Morgan fingerprint density at radius 2 is 2.24 bits per heavy atom. The Morgan fingerprint density at radius 3 is 2.82 bits per heavy atom. The summed E-state index contributed by atoms with van der Waals surface area (Å²) in [5.74, 6) is 0. The Bertz CT molecular complexity index is 328. The first-order chi connectivity index (χ1) is 8.01. The molecule has 1 rings (SSSR count). The van der Waals surface area contributed by atoms with Gasteiger partial charge in [0, 0.05) is 18.5 Å². The molecule has 1 aromatic rings. The van der Waals surface area contributed by atoms with E-state index in [0.29, 0.717) is 13.1 Å². The summed E-state index contributed by atoms with van der Waals surface area (Å²) in [5.41, 5.74) is 0.919. The molecule has 0 amide bonds. The van der Waals surface area contributed by atoms with Crippen molar-refractivity contribution in [1.82, 2.24) is 10.3 Å². The number of hydrogen-bond donors (Lipinski definition) is 1. The Kier molecular flexibility index (Phi) is 5.87. The van der Waals surface area contributed by atoms with Crippen molar-refractivity contribution in [2.24, 2.45) is 0 Å². The van der Waals surface area contributed by atoms with E-state index in [-0.39, 0.29) is 6.61 Å². The molecule has 17 heavy (non-hydrogen) atoms. The Labute approximate surface area is 102 Å². The van der Waals surface area contributed by atoms with Crippen LogP contribution in [0.15, 0.2) is 5.38 Å². The predicted molar refractivity (Wildman–Crippen MR) is 60.1 cm³/mol. The first-order valence-electron chi connectivity index (χ1n) is 5.29. The second-order valence-electron chi connectivity index (χ2n) is 3.43. The topological polar surface area (TPSA) is 34.2 Å². The van der Waals surface area contributed by atoms with E-state index in [1.165, 1.54) is 0 Å². The van der Waals surface area contributed by atoms with Gasteiger partial charge in [-0.05, 0) is 6.42 Å². The summed E-state index contributed by atoms with van der Waals surface area (Å²) in [7, 11) is 0. The van der Waals surface area contributed by atoms with Crippen LogP contribution in [-0.2, 0) is 17.7 Å². The van der Waals surface area contributed by atoms with Crippen molar-refractivity contribution in [2.75, 3.05) is 19.8 Å². The van der Waals surface area contributed by atoms with Gasteiger partial charge in [0.15, 0.2) is 0 Å². The smallest absolute Gasteiger partial charge is 0.371 e. The van der Waals surface area contributed by atoms with Crippen molar-refractivity contribution in [2.45, 2.75) is 26.1 Å². The highest BCUT2D eigenvalue weighted by Crippen LogP contribution is 2.14. The van der Waals surface area contributed by atoms with Gasteiger partial charge in [-0.25, -0.2) is 4.98 Å². The fourth-order valence-electron chi connectivity index (χ4n) is 1.14. The summed E-state index contributed by atoms with van der Waals surface area (Å²) in [6.07, 6.45) is -3.34. The maximum absolute atomic E-state index is 11.7. The average molecular weight is 268 g/mol. The van der Waals surface area contributed by atoms with Gasteiger partial charge in [-0.1, -0.05) is 6.92 Å². The maximum Gasteiger partial charge on any atom is 0.411 e. The minimum Gasteiger partial charge on any atom is -0.371 e. The maximum atomic E-state index is 11.7. The van der Waals surface area contributed by atoms with E-state index >= 15 is 0 Å². The molecular weight excluding hydrogens is 253 g/mol. The summed E-state index contributed by atoms with van der Waals surface area (Å²) in [4.78, 5) is 4.32. The third kappa shape index (κ3) is 6.60. The lowest BCUT2D eigenvalue weighted by molar-refractivity contribution is -0.173. The van der Waals surface area contributed by atoms with Crippen LogP contribution in [0.2, 0.25) is 0 Å². The molecule has 98 valence electrons. The number of hydrogen-bond acceptors (Lipinski definition) is 4. The molecule has 0 atom stereocenters. The van der Waals surface area contributed by atoms with Gasteiger partial charge < -0.3 is 10.1 Å². The predicted octanol–water partition coefficient (Wildman–Crippen LogP) is 2.37. The molecule has 1 aromatic heterocycles. The zero-order valence-electron chi connectivity index (χ0n) is 9.51. The van der Waals surface area contributed by atoms with E-state index in [2.05, 4.69) is 15.0 Å². The van der Waals surface area contributed by atoms with E-state index in [1.54, 1.807) is 11.3 Å². The summed E-state index contributed by atoms with van der Waals surface area (Å²) < 4.78 is 39.6. The number of aromatic nitrogens is 1. The first kappa shape index (κ1) is 14.4. The monoisotopic (exact) mass is 268 g/mol. The van der Waals surface area contributed by atoms with Crippen molar-refractivity contribution >= 4 is 11.3 Å². The molecule has 7 heteroatoms. The highest BCUT2D eigenvalue weighted by Gasteiger charge is 2.27. The molecule has 0 saturated carbocycles.